The first-order valence-electron chi connectivity index (χ1n) is 6.46. The van der Waals surface area contributed by atoms with Crippen molar-refractivity contribution >= 4 is 38.5 Å². The predicted molar refractivity (Wildman–Crippen MR) is 90.1 cm³/mol. The summed E-state index contributed by atoms with van der Waals surface area (Å²) in [5, 5.41) is 0.329. The molecule has 0 aliphatic rings. The molecular weight excluding hydrogens is 379 g/mol. The van der Waals surface area contributed by atoms with Crippen molar-refractivity contribution in [2.75, 3.05) is 0 Å². The molecule has 0 aromatic carbocycles. The number of nitrogens with zero attached hydrogens (tertiary/aromatic N) is 1. The number of nitrogens with one attached hydrogen (secondary N) is 1. The molecule has 2 atom stereocenters. The van der Waals surface area contributed by atoms with Crippen LogP contribution in [0.15, 0.2) is 23.3 Å². The summed E-state index contributed by atoms with van der Waals surface area (Å²) in [4.78, 5) is 3.56. The zero-order valence-corrected chi connectivity index (χ0v) is 15.4. The van der Waals surface area contributed by atoms with Gasteiger partial charge in [-0.3, -0.25) is 0 Å². The summed E-state index contributed by atoms with van der Waals surface area (Å²) >= 11 is 9.33. The van der Waals surface area contributed by atoms with Gasteiger partial charge in [-0.2, -0.15) is 4.39 Å². The number of allylic oxidation sites excluding steroid dienone is 1. The average Bonchev–Trinajstić information content (AvgIpc) is 2.39. The van der Waals surface area contributed by atoms with E-state index >= 15 is 0 Å². The molecule has 0 saturated heterocycles. The Balaban J connectivity index is 3.17. The first-order valence-corrected chi connectivity index (χ1v) is 8.79. The van der Waals surface area contributed by atoms with Gasteiger partial charge in [-0.15, -0.1) is 6.58 Å². The van der Waals surface area contributed by atoms with E-state index in [1.807, 2.05) is 20.8 Å². The summed E-state index contributed by atoms with van der Waals surface area (Å²) in [6.07, 6.45) is 4.31. The van der Waals surface area contributed by atoms with Crippen LogP contribution in [-0.4, -0.2) is 13.9 Å². The van der Waals surface area contributed by atoms with Crippen molar-refractivity contribution in [3.63, 3.8) is 0 Å². The second kappa shape index (κ2) is 7.81. The minimum atomic E-state index is -1.30. The number of halogens is 3. The van der Waals surface area contributed by atoms with Gasteiger partial charge in [0.15, 0.2) is 0 Å². The third-order valence-electron chi connectivity index (χ3n) is 2.78. The molecule has 1 heterocycles. The molecule has 0 saturated carbocycles. The number of aromatic nitrogens is 1. The molecular formula is C14H19BrClFN2OS. The maximum atomic E-state index is 13.7. The van der Waals surface area contributed by atoms with Crippen molar-refractivity contribution in [1.82, 2.24) is 9.71 Å². The molecule has 0 amide bonds. The number of hydrogen-bond donors (Lipinski definition) is 1. The fourth-order valence-corrected chi connectivity index (χ4v) is 3.46. The van der Waals surface area contributed by atoms with Crippen LogP contribution in [0, 0.1) is 5.95 Å². The summed E-state index contributed by atoms with van der Waals surface area (Å²) < 4.78 is 28.8. The minimum absolute atomic E-state index is 0.197. The maximum Gasteiger partial charge on any atom is 0.227 e. The lowest BCUT2D eigenvalue weighted by Crippen LogP contribution is -2.36. The van der Waals surface area contributed by atoms with Crippen molar-refractivity contribution in [3.05, 3.63) is 39.9 Å². The third kappa shape index (κ3) is 5.13. The standard InChI is InChI=1S/C14H19BrClFN2OS/c1-5-6-7-10(19-21(20)14(2,3)4)11-9(16)8-18-13(17)12(11)15/h5,8,10,19H,1,6-7H2,2-4H3/t10-,21+/m1/s1. The van der Waals surface area contributed by atoms with E-state index in [-0.39, 0.29) is 10.5 Å². The van der Waals surface area contributed by atoms with Gasteiger partial charge in [-0.1, -0.05) is 17.7 Å². The molecule has 1 aromatic rings. The highest BCUT2D eigenvalue weighted by Crippen LogP contribution is 2.34. The molecule has 0 bridgehead atoms. The smallest absolute Gasteiger partial charge is 0.227 e. The Morgan fingerprint density at radius 2 is 2.24 bits per heavy atom. The Labute approximate surface area is 141 Å². The molecule has 0 fully saturated rings. The van der Waals surface area contributed by atoms with Crippen LogP contribution in [0.2, 0.25) is 5.02 Å². The van der Waals surface area contributed by atoms with Gasteiger partial charge in [0, 0.05) is 17.8 Å². The number of pyridine rings is 1. The Morgan fingerprint density at radius 1 is 1.62 bits per heavy atom. The van der Waals surface area contributed by atoms with E-state index in [2.05, 4.69) is 32.2 Å². The van der Waals surface area contributed by atoms with E-state index < -0.39 is 21.7 Å². The van der Waals surface area contributed by atoms with Crippen LogP contribution in [0.5, 0.6) is 0 Å². The van der Waals surface area contributed by atoms with E-state index in [1.54, 1.807) is 6.08 Å². The minimum Gasteiger partial charge on any atom is -0.242 e. The molecule has 0 spiro atoms. The normalized spacial score (nSPS) is 14.8. The molecule has 0 radical (unpaired) electrons. The average molecular weight is 398 g/mol. The first-order chi connectivity index (χ1) is 9.68. The van der Waals surface area contributed by atoms with Crippen LogP contribution in [0.3, 0.4) is 0 Å². The molecule has 7 heteroatoms. The Kier molecular flexibility index (Phi) is 6.97. The Bertz CT molecular complexity index is 549. The molecule has 21 heavy (non-hydrogen) atoms. The van der Waals surface area contributed by atoms with Crippen LogP contribution in [0.1, 0.15) is 45.2 Å². The Morgan fingerprint density at radius 3 is 2.76 bits per heavy atom. The van der Waals surface area contributed by atoms with Crippen LogP contribution >= 0.6 is 27.5 Å². The lowest BCUT2D eigenvalue weighted by molar-refractivity contribution is 0.547. The second-order valence-corrected chi connectivity index (χ2v) is 8.74. The molecule has 1 N–H and O–H groups in total. The quantitative estimate of drug-likeness (QED) is 0.558. The topological polar surface area (TPSA) is 42.0 Å². The lowest BCUT2D eigenvalue weighted by Gasteiger charge is -2.25. The van der Waals surface area contributed by atoms with Crippen molar-refractivity contribution in [1.29, 1.82) is 0 Å². The monoisotopic (exact) mass is 396 g/mol. The zero-order chi connectivity index (χ0) is 16.2. The molecule has 118 valence electrons. The van der Waals surface area contributed by atoms with Gasteiger partial charge in [0.05, 0.1) is 25.2 Å². The van der Waals surface area contributed by atoms with E-state index in [4.69, 9.17) is 11.6 Å². The van der Waals surface area contributed by atoms with E-state index in [0.717, 1.165) is 0 Å². The van der Waals surface area contributed by atoms with Gasteiger partial charge in [0.2, 0.25) is 5.95 Å². The highest BCUT2D eigenvalue weighted by atomic mass is 79.9. The summed E-state index contributed by atoms with van der Waals surface area (Å²) in [5.74, 6) is -0.638. The summed E-state index contributed by atoms with van der Waals surface area (Å²) in [6, 6.07) is -0.359. The van der Waals surface area contributed by atoms with E-state index in [9.17, 15) is 8.60 Å². The highest BCUT2D eigenvalue weighted by Gasteiger charge is 2.27. The maximum absolute atomic E-state index is 13.7. The van der Waals surface area contributed by atoms with Gasteiger partial charge >= 0.3 is 0 Å². The largest absolute Gasteiger partial charge is 0.242 e. The SMILES string of the molecule is C=CCC[C@@H](N[S@@](=O)C(C)(C)C)c1c(Cl)cnc(F)c1Br. The number of hydrogen-bond acceptors (Lipinski definition) is 2. The first kappa shape index (κ1) is 18.7. The summed E-state index contributed by atoms with van der Waals surface area (Å²) in [5.41, 5.74) is 0.531. The van der Waals surface area contributed by atoms with Crippen molar-refractivity contribution < 1.29 is 8.60 Å². The molecule has 1 rings (SSSR count). The van der Waals surface area contributed by atoms with Gasteiger partial charge < -0.3 is 0 Å². The fraction of sp³-hybridized carbons (Fsp3) is 0.500. The molecule has 0 aliphatic carbocycles. The number of rotatable bonds is 6. The third-order valence-corrected chi connectivity index (χ3v) is 5.45. The zero-order valence-electron chi connectivity index (χ0n) is 12.3. The van der Waals surface area contributed by atoms with Gasteiger partial charge in [0.25, 0.3) is 0 Å². The Hall–Kier alpha value is -0.300. The van der Waals surface area contributed by atoms with E-state index in [0.29, 0.717) is 23.4 Å². The summed E-state index contributed by atoms with van der Waals surface area (Å²) in [7, 11) is -1.30. The predicted octanol–water partition coefficient (Wildman–Crippen LogP) is 4.70. The van der Waals surface area contributed by atoms with Gasteiger partial charge in [-0.25, -0.2) is 13.9 Å². The van der Waals surface area contributed by atoms with Crippen LogP contribution in [0.4, 0.5) is 4.39 Å². The molecule has 1 aromatic heterocycles. The van der Waals surface area contributed by atoms with Crippen LogP contribution < -0.4 is 4.72 Å². The molecule has 0 unspecified atom stereocenters. The summed E-state index contributed by atoms with van der Waals surface area (Å²) in [6.45, 7) is 9.28. The van der Waals surface area contributed by atoms with Crippen molar-refractivity contribution in [2.24, 2.45) is 0 Å². The van der Waals surface area contributed by atoms with Crippen LogP contribution in [-0.2, 0) is 11.0 Å². The van der Waals surface area contributed by atoms with Crippen molar-refractivity contribution in [3.8, 4) is 0 Å². The van der Waals surface area contributed by atoms with Gasteiger partial charge in [-0.05, 0) is 49.5 Å². The fourth-order valence-electron chi connectivity index (χ4n) is 1.63. The highest BCUT2D eigenvalue weighted by molar-refractivity contribution is 9.10. The van der Waals surface area contributed by atoms with Crippen LogP contribution in [0.25, 0.3) is 0 Å². The lowest BCUT2D eigenvalue weighted by atomic mass is 10.0. The van der Waals surface area contributed by atoms with Gasteiger partial charge in [0.1, 0.15) is 0 Å². The van der Waals surface area contributed by atoms with E-state index in [1.165, 1.54) is 6.20 Å². The molecule has 3 nitrogen and oxygen atoms in total. The molecule has 0 aliphatic heterocycles. The second-order valence-electron chi connectivity index (χ2n) is 5.54. The van der Waals surface area contributed by atoms with Crippen molar-refractivity contribution in [2.45, 2.75) is 44.4 Å².